The van der Waals surface area contributed by atoms with Crippen LogP contribution in [0.25, 0.3) is 21.9 Å². The van der Waals surface area contributed by atoms with Gasteiger partial charge in [-0.05, 0) is 80.9 Å². The van der Waals surface area contributed by atoms with Crippen LogP contribution in [-0.4, -0.2) is 4.90 Å². The predicted octanol–water partition coefficient (Wildman–Crippen LogP) is 12.5. The van der Waals surface area contributed by atoms with Crippen molar-refractivity contribution in [1.29, 1.82) is 0 Å². The number of para-hydroxylation sites is 4. The van der Waals surface area contributed by atoms with E-state index in [4.69, 9.17) is 9.47 Å². The number of rotatable bonds is 2. The van der Waals surface area contributed by atoms with Crippen LogP contribution >= 0.6 is 0 Å². The molecule has 0 bridgehead atoms. The monoisotopic (exact) mass is 707 g/mol. The van der Waals surface area contributed by atoms with Crippen molar-refractivity contribution < 1.29 is 9.47 Å². The fourth-order valence-corrected chi connectivity index (χ4v) is 11.0. The Hall–Kier alpha value is -6.42. The molecule has 3 nitrogen and oxygen atoms in total. The fraction of sp³-hybridized carbons (Fsp3) is 0.115. The molecule has 0 unspecified atom stereocenters. The minimum absolute atomic E-state index is 0.176. The Morgan fingerprint density at radius 3 is 1.29 bits per heavy atom. The first-order valence-electron chi connectivity index (χ1n) is 19.4. The normalized spacial score (nSPS) is 16.7. The van der Waals surface area contributed by atoms with Gasteiger partial charge in [-0.1, -0.05) is 152 Å². The van der Waals surface area contributed by atoms with E-state index in [1.165, 1.54) is 49.7 Å². The second-order valence-electron chi connectivity index (χ2n) is 15.5. The topological polar surface area (TPSA) is 21.7 Å². The van der Waals surface area contributed by atoms with E-state index in [2.05, 4.69) is 188 Å². The van der Waals surface area contributed by atoms with Gasteiger partial charge < -0.3 is 9.47 Å². The minimum Gasteiger partial charge on any atom is -0.457 e. The van der Waals surface area contributed by atoms with Crippen molar-refractivity contribution in [3.8, 4) is 34.1 Å². The Labute approximate surface area is 321 Å². The largest absolute Gasteiger partial charge is 0.457 e. The molecule has 1 aliphatic carbocycles. The summed E-state index contributed by atoms with van der Waals surface area (Å²) in [6, 6.07) is 65.0. The molecule has 3 heterocycles. The van der Waals surface area contributed by atoms with Gasteiger partial charge in [-0.2, -0.15) is 0 Å². The number of ether oxygens (including phenoxy) is 2. The van der Waals surface area contributed by atoms with E-state index < -0.39 is 10.8 Å². The Morgan fingerprint density at radius 1 is 0.418 bits per heavy atom. The van der Waals surface area contributed by atoms with E-state index in [0.717, 1.165) is 58.3 Å². The van der Waals surface area contributed by atoms with Gasteiger partial charge in [0.05, 0.1) is 10.8 Å². The van der Waals surface area contributed by atoms with Gasteiger partial charge >= 0.3 is 0 Å². The van der Waals surface area contributed by atoms with E-state index in [0.29, 0.717) is 0 Å². The van der Waals surface area contributed by atoms with Crippen molar-refractivity contribution in [2.45, 2.75) is 36.9 Å². The fourth-order valence-electron chi connectivity index (χ4n) is 11.0. The first-order chi connectivity index (χ1) is 27.2. The van der Waals surface area contributed by atoms with Crippen molar-refractivity contribution in [3.05, 3.63) is 226 Å². The molecule has 262 valence electrons. The summed E-state index contributed by atoms with van der Waals surface area (Å²) in [5, 5.41) is 2.60. The van der Waals surface area contributed by atoms with Crippen LogP contribution in [-0.2, 0) is 23.9 Å². The van der Waals surface area contributed by atoms with Crippen molar-refractivity contribution >= 4 is 10.8 Å². The third-order valence-corrected chi connectivity index (χ3v) is 13.1. The summed E-state index contributed by atoms with van der Waals surface area (Å²) >= 11 is 0. The van der Waals surface area contributed by atoms with Crippen LogP contribution in [0, 0.1) is 0 Å². The average molecular weight is 708 g/mol. The van der Waals surface area contributed by atoms with Crippen molar-refractivity contribution in [3.63, 3.8) is 0 Å². The van der Waals surface area contributed by atoms with Crippen LogP contribution < -0.4 is 9.47 Å². The van der Waals surface area contributed by atoms with Crippen LogP contribution in [0.4, 0.5) is 0 Å². The molecule has 12 rings (SSSR count). The zero-order valence-corrected chi connectivity index (χ0v) is 30.5. The molecule has 3 heteroatoms. The zero-order chi connectivity index (χ0) is 36.3. The molecule has 8 aromatic carbocycles. The molecule has 2 spiro atoms. The lowest BCUT2D eigenvalue weighted by Gasteiger charge is -2.59. The molecule has 0 N–H and O–H groups in total. The smallest absolute Gasteiger partial charge is 0.131 e. The Morgan fingerprint density at radius 2 is 0.800 bits per heavy atom. The lowest BCUT2D eigenvalue weighted by atomic mass is 9.42. The van der Waals surface area contributed by atoms with Crippen LogP contribution in [0.15, 0.2) is 176 Å². The van der Waals surface area contributed by atoms with Crippen molar-refractivity contribution in [2.24, 2.45) is 0 Å². The second-order valence-corrected chi connectivity index (χ2v) is 15.5. The van der Waals surface area contributed by atoms with Crippen LogP contribution in [0.5, 0.6) is 23.0 Å². The molecule has 8 aromatic rings. The molecule has 0 saturated heterocycles. The number of fused-ring (bicyclic) bond motifs is 12. The first kappa shape index (κ1) is 31.0. The Balaban J connectivity index is 1.25. The molecule has 0 aromatic heterocycles. The van der Waals surface area contributed by atoms with E-state index in [1.54, 1.807) is 0 Å². The number of hydrogen-bond acceptors (Lipinski definition) is 3. The average Bonchev–Trinajstić information content (AvgIpc) is 3.41. The highest BCUT2D eigenvalue weighted by atomic mass is 16.5. The van der Waals surface area contributed by atoms with Gasteiger partial charge in [-0.3, -0.25) is 4.90 Å². The van der Waals surface area contributed by atoms with Gasteiger partial charge in [0.25, 0.3) is 0 Å². The van der Waals surface area contributed by atoms with Gasteiger partial charge in [-0.25, -0.2) is 0 Å². The van der Waals surface area contributed by atoms with E-state index in [1.807, 2.05) is 0 Å². The molecular formula is C52H37NO2. The zero-order valence-electron chi connectivity index (χ0n) is 30.5. The number of benzene rings is 8. The summed E-state index contributed by atoms with van der Waals surface area (Å²) in [4.78, 5) is 2.68. The van der Waals surface area contributed by atoms with Gasteiger partial charge in [0.1, 0.15) is 23.0 Å². The van der Waals surface area contributed by atoms with Crippen LogP contribution in [0.1, 0.15) is 63.0 Å². The molecule has 55 heavy (non-hydrogen) atoms. The third-order valence-electron chi connectivity index (χ3n) is 13.1. The Bertz CT molecular complexity index is 2640. The highest BCUT2D eigenvalue weighted by Crippen LogP contribution is 2.72. The number of nitrogens with zero attached hydrogens (tertiary/aromatic N) is 1. The quantitative estimate of drug-likeness (QED) is 0.179. The SMILES string of the molecule is C[C@H](c1cccc2ccccc12)N1Cc2cccc3c2-c2c(cccc2C2(c4ccccc4Oc4ccccc42)C32c3ccccc3Oc3ccccc32)C1. The lowest BCUT2D eigenvalue weighted by molar-refractivity contribution is 0.195. The summed E-state index contributed by atoms with van der Waals surface area (Å²) in [5.41, 5.74) is 12.5. The van der Waals surface area contributed by atoms with Crippen molar-refractivity contribution in [2.75, 3.05) is 0 Å². The molecular weight excluding hydrogens is 671 g/mol. The summed E-state index contributed by atoms with van der Waals surface area (Å²) in [7, 11) is 0. The van der Waals surface area contributed by atoms with E-state index in [-0.39, 0.29) is 6.04 Å². The summed E-state index contributed by atoms with van der Waals surface area (Å²) in [6.45, 7) is 4.03. The lowest BCUT2D eigenvalue weighted by Crippen LogP contribution is -2.57. The van der Waals surface area contributed by atoms with Gasteiger partial charge in [-0.15, -0.1) is 0 Å². The second kappa shape index (κ2) is 11.3. The molecule has 0 saturated carbocycles. The predicted molar refractivity (Wildman–Crippen MR) is 219 cm³/mol. The van der Waals surface area contributed by atoms with Gasteiger partial charge in [0, 0.05) is 41.4 Å². The van der Waals surface area contributed by atoms with Crippen LogP contribution in [0.3, 0.4) is 0 Å². The first-order valence-corrected chi connectivity index (χ1v) is 19.4. The Kier molecular flexibility index (Phi) is 6.37. The third kappa shape index (κ3) is 3.88. The summed E-state index contributed by atoms with van der Waals surface area (Å²) in [6.07, 6.45) is 0. The molecule has 0 amide bonds. The summed E-state index contributed by atoms with van der Waals surface area (Å²) in [5.74, 6) is 3.55. The molecule has 0 fully saturated rings. The summed E-state index contributed by atoms with van der Waals surface area (Å²) < 4.78 is 13.8. The molecule has 4 aliphatic rings. The van der Waals surface area contributed by atoms with E-state index >= 15 is 0 Å². The van der Waals surface area contributed by atoms with E-state index in [9.17, 15) is 0 Å². The maximum Gasteiger partial charge on any atom is 0.131 e. The van der Waals surface area contributed by atoms with Crippen molar-refractivity contribution in [1.82, 2.24) is 4.90 Å². The maximum absolute atomic E-state index is 6.90. The molecule has 0 radical (unpaired) electrons. The van der Waals surface area contributed by atoms with Gasteiger partial charge in [0.2, 0.25) is 0 Å². The highest BCUT2D eigenvalue weighted by molar-refractivity contribution is 5.92. The standard InChI is InChI=1S/C52H37NO2/c1-33(37-20-12-16-34-15-2-3-19-38(34)37)53-31-35-17-13-25-43-49(35)50-36(32-53)18-14-26-44(50)52(41-23-6-10-29-47(41)55-48-30-11-7-24-42(48)52)51(43)39-21-4-8-27-45(39)54-46-28-9-5-22-40(46)51/h2-30,33H,31-32H2,1H3/t33-/m1/s1. The maximum atomic E-state index is 6.90. The highest BCUT2D eigenvalue weighted by Gasteiger charge is 2.66. The van der Waals surface area contributed by atoms with Crippen LogP contribution in [0.2, 0.25) is 0 Å². The number of hydrogen-bond donors (Lipinski definition) is 0. The van der Waals surface area contributed by atoms with Gasteiger partial charge in [0.15, 0.2) is 0 Å². The molecule has 3 aliphatic heterocycles. The molecule has 1 atom stereocenters. The minimum atomic E-state index is -0.734.